The second-order valence-corrected chi connectivity index (χ2v) is 5.71. The highest BCUT2D eigenvalue weighted by molar-refractivity contribution is 7.46. The summed E-state index contributed by atoms with van der Waals surface area (Å²) in [4.78, 5) is 17.1. The molecule has 21 heavy (non-hydrogen) atoms. The normalized spacial score (nSPS) is 35.7. The van der Waals surface area contributed by atoms with E-state index in [0.29, 0.717) is 0 Å². The Morgan fingerprint density at radius 1 is 1.14 bits per heavy atom. The SMILES string of the molecule is O=P(O)(O)OC[C@H]1O[C@H](OCC(O)CO)[C@H](O)[C@@H](O)[C@@H]1O. The van der Waals surface area contributed by atoms with Gasteiger partial charge >= 0.3 is 7.82 Å². The summed E-state index contributed by atoms with van der Waals surface area (Å²) < 4.78 is 24.7. The second-order valence-electron chi connectivity index (χ2n) is 4.47. The van der Waals surface area contributed by atoms with E-state index in [9.17, 15) is 19.9 Å². The Morgan fingerprint density at radius 2 is 1.76 bits per heavy atom. The lowest BCUT2D eigenvalue weighted by Gasteiger charge is -2.40. The van der Waals surface area contributed by atoms with Crippen molar-refractivity contribution in [1.82, 2.24) is 0 Å². The summed E-state index contributed by atoms with van der Waals surface area (Å²) in [6.07, 6.45) is -9.11. The quantitative estimate of drug-likeness (QED) is 0.227. The first-order valence-corrected chi connectivity index (χ1v) is 7.49. The Morgan fingerprint density at radius 3 is 2.29 bits per heavy atom. The number of aliphatic hydroxyl groups is 5. The molecule has 126 valence electrons. The van der Waals surface area contributed by atoms with E-state index >= 15 is 0 Å². The Kier molecular flexibility index (Phi) is 7.10. The van der Waals surface area contributed by atoms with Crippen molar-refractivity contribution in [3.8, 4) is 0 Å². The highest BCUT2D eigenvalue weighted by Gasteiger charge is 2.45. The van der Waals surface area contributed by atoms with Crippen LogP contribution in [0.1, 0.15) is 0 Å². The molecule has 1 saturated heterocycles. The second kappa shape index (κ2) is 7.90. The largest absolute Gasteiger partial charge is 0.469 e. The third kappa shape index (κ3) is 5.85. The molecule has 11 nitrogen and oxygen atoms in total. The van der Waals surface area contributed by atoms with E-state index in [2.05, 4.69) is 4.52 Å². The molecule has 6 atom stereocenters. The lowest BCUT2D eigenvalue weighted by molar-refractivity contribution is -0.304. The smallest absolute Gasteiger partial charge is 0.394 e. The Hall–Kier alpha value is -0.170. The first kappa shape index (κ1) is 18.9. The summed E-state index contributed by atoms with van der Waals surface area (Å²) in [6.45, 7) is -1.77. The molecular weight excluding hydrogens is 315 g/mol. The Bertz CT molecular complexity index is 360. The van der Waals surface area contributed by atoms with Crippen molar-refractivity contribution >= 4 is 7.82 Å². The first-order chi connectivity index (χ1) is 9.65. The van der Waals surface area contributed by atoms with Crippen molar-refractivity contribution in [3.05, 3.63) is 0 Å². The highest BCUT2D eigenvalue weighted by atomic mass is 31.2. The van der Waals surface area contributed by atoms with E-state index in [1.807, 2.05) is 0 Å². The number of hydrogen-bond donors (Lipinski definition) is 7. The van der Waals surface area contributed by atoms with Gasteiger partial charge in [0.05, 0.1) is 19.8 Å². The lowest BCUT2D eigenvalue weighted by atomic mass is 9.99. The molecule has 1 heterocycles. The summed E-state index contributed by atoms with van der Waals surface area (Å²) in [7, 11) is -4.80. The Labute approximate surface area is 119 Å². The van der Waals surface area contributed by atoms with Crippen molar-refractivity contribution in [2.45, 2.75) is 36.8 Å². The molecule has 0 aromatic carbocycles. The monoisotopic (exact) mass is 334 g/mol. The highest BCUT2D eigenvalue weighted by Crippen LogP contribution is 2.37. The van der Waals surface area contributed by atoms with Gasteiger partial charge in [-0.05, 0) is 0 Å². The molecule has 0 bridgehead atoms. The average Bonchev–Trinajstić information content (AvgIpc) is 2.41. The average molecular weight is 334 g/mol. The minimum Gasteiger partial charge on any atom is -0.394 e. The van der Waals surface area contributed by atoms with Gasteiger partial charge in [-0.15, -0.1) is 0 Å². The molecule has 1 aliphatic heterocycles. The van der Waals surface area contributed by atoms with Crippen molar-refractivity contribution in [1.29, 1.82) is 0 Å². The van der Waals surface area contributed by atoms with Crippen LogP contribution < -0.4 is 0 Å². The third-order valence-electron chi connectivity index (χ3n) is 2.74. The minimum atomic E-state index is -4.80. The van der Waals surface area contributed by atoms with Crippen LogP contribution in [0.4, 0.5) is 0 Å². The molecule has 1 unspecified atom stereocenters. The molecule has 12 heteroatoms. The molecule has 1 rings (SSSR count). The molecule has 1 fully saturated rings. The number of hydrogen-bond acceptors (Lipinski definition) is 9. The van der Waals surface area contributed by atoms with Gasteiger partial charge in [-0.1, -0.05) is 0 Å². The van der Waals surface area contributed by atoms with Crippen molar-refractivity contribution in [3.63, 3.8) is 0 Å². The first-order valence-electron chi connectivity index (χ1n) is 5.96. The van der Waals surface area contributed by atoms with Gasteiger partial charge in [-0.2, -0.15) is 0 Å². The summed E-state index contributed by atoms with van der Waals surface area (Å²) >= 11 is 0. The molecule has 0 aromatic rings. The van der Waals surface area contributed by atoms with Crippen molar-refractivity contribution in [2.75, 3.05) is 19.8 Å². The minimum absolute atomic E-state index is 0.423. The lowest BCUT2D eigenvalue weighted by Crippen LogP contribution is -2.59. The van der Waals surface area contributed by atoms with E-state index in [1.165, 1.54) is 0 Å². The zero-order valence-electron chi connectivity index (χ0n) is 10.8. The third-order valence-corrected chi connectivity index (χ3v) is 3.22. The number of phosphoric ester groups is 1. The summed E-state index contributed by atoms with van der Waals surface area (Å²) in [5, 5.41) is 46.6. The molecule has 0 aliphatic carbocycles. The summed E-state index contributed by atoms with van der Waals surface area (Å²) in [5.74, 6) is 0. The Balaban J connectivity index is 2.62. The van der Waals surface area contributed by atoms with Gasteiger partial charge < -0.3 is 44.8 Å². The van der Waals surface area contributed by atoms with E-state index in [0.717, 1.165) is 0 Å². The van der Waals surface area contributed by atoms with Crippen LogP contribution in [0.25, 0.3) is 0 Å². The molecule has 0 aromatic heterocycles. The fourth-order valence-corrected chi connectivity index (χ4v) is 1.96. The number of phosphoric acid groups is 1. The zero-order chi connectivity index (χ0) is 16.2. The maximum atomic E-state index is 10.6. The van der Waals surface area contributed by atoms with Crippen molar-refractivity contribution in [2.24, 2.45) is 0 Å². The molecular formula is C9H19O11P. The molecule has 0 spiro atoms. The van der Waals surface area contributed by atoms with Gasteiger partial charge in [0.25, 0.3) is 0 Å². The number of ether oxygens (including phenoxy) is 2. The predicted octanol–water partition coefficient (Wildman–Crippen LogP) is -3.73. The fourth-order valence-electron chi connectivity index (χ4n) is 1.62. The van der Waals surface area contributed by atoms with Crippen molar-refractivity contribution < 1.29 is 53.9 Å². The number of rotatable bonds is 7. The molecule has 0 saturated carbocycles. The zero-order valence-corrected chi connectivity index (χ0v) is 11.7. The molecule has 0 radical (unpaired) electrons. The van der Waals surface area contributed by atoms with Gasteiger partial charge in [-0.25, -0.2) is 4.57 Å². The van der Waals surface area contributed by atoms with Crippen LogP contribution in [0.15, 0.2) is 0 Å². The van der Waals surface area contributed by atoms with Crippen LogP contribution in [-0.4, -0.2) is 91.9 Å². The van der Waals surface area contributed by atoms with Crippen LogP contribution in [0.5, 0.6) is 0 Å². The van der Waals surface area contributed by atoms with E-state index in [-0.39, 0.29) is 0 Å². The van der Waals surface area contributed by atoms with Crippen LogP contribution in [0.2, 0.25) is 0 Å². The van der Waals surface area contributed by atoms with E-state index < -0.39 is 64.5 Å². The van der Waals surface area contributed by atoms with Crippen LogP contribution in [-0.2, 0) is 18.6 Å². The van der Waals surface area contributed by atoms with Gasteiger partial charge in [0, 0.05) is 0 Å². The summed E-state index contributed by atoms with van der Waals surface area (Å²) in [5.41, 5.74) is 0. The summed E-state index contributed by atoms with van der Waals surface area (Å²) in [6, 6.07) is 0. The van der Waals surface area contributed by atoms with Gasteiger partial charge in [0.1, 0.15) is 30.5 Å². The van der Waals surface area contributed by atoms with Crippen LogP contribution >= 0.6 is 7.82 Å². The molecule has 1 aliphatic rings. The van der Waals surface area contributed by atoms with E-state index in [1.54, 1.807) is 0 Å². The van der Waals surface area contributed by atoms with Crippen LogP contribution in [0, 0.1) is 0 Å². The standard InChI is InChI=1S/C9H19O11P/c10-1-4(11)2-18-9-8(14)7(13)6(12)5(20-9)3-19-21(15,16)17/h4-14H,1-3H2,(H2,15,16,17)/t4?,5-,6-,7+,8-,9+/m1/s1. The fraction of sp³-hybridized carbons (Fsp3) is 1.00. The molecule has 0 amide bonds. The van der Waals surface area contributed by atoms with Gasteiger partial charge in [0.15, 0.2) is 6.29 Å². The van der Waals surface area contributed by atoms with E-state index in [4.69, 9.17) is 29.5 Å². The molecule has 7 N–H and O–H groups in total. The van der Waals surface area contributed by atoms with Gasteiger partial charge in [-0.3, -0.25) is 4.52 Å². The predicted molar refractivity (Wildman–Crippen MR) is 63.7 cm³/mol. The number of aliphatic hydroxyl groups excluding tert-OH is 5. The van der Waals surface area contributed by atoms with Gasteiger partial charge in [0.2, 0.25) is 0 Å². The topological polar surface area (TPSA) is 186 Å². The maximum Gasteiger partial charge on any atom is 0.469 e. The maximum absolute atomic E-state index is 10.6. The van der Waals surface area contributed by atoms with Crippen LogP contribution in [0.3, 0.4) is 0 Å².